The molecule has 0 saturated carbocycles. The molecular formula is C19H17NO5. The minimum atomic E-state index is -0.444. The summed E-state index contributed by atoms with van der Waals surface area (Å²) in [5, 5.41) is 3.48. The van der Waals surface area contributed by atoms with Crippen molar-refractivity contribution in [1.29, 1.82) is 0 Å². The highest BCUT2D eigenvalue weighted by molar-refractivity contribution is 5.88. The second-order valence-electron chi connectivity index (χ2n) is 5.45. The Balaban J connectivity index is 1.81. The Labute approximate surface area is 144 Å². The SMILES string of the molecule is COc1ccc2c(COc3ccc(NC(C)=O)cc3)cc(=O)oc2c1. The fourth-order valence-corrected chi connectivity index (χ4v) is 2.46. The second-order valence-corrected chi connectivity index (χ2v) is 5.45. The maximum Gasteiger partial charge on any atom is 0.336 e. The van der Waals surface area contributed by atoms with Gasteiger partial charge in [-0.25, -0.2) is 4.79 Å². The van der Waals surface area contributed by atoms with E-state index in [0.29, 0.717) is 22.8 Å². The third-order valence-corrected chi connectivity index (χ3v) is 3.61. The van der Waals surface area contributed by atoms with Gasteiger partial charge in [-0.2, -0.15) is 0 Å². The van der Waals surface area contributed by atoms with E-state index in [4.69, 9.17) is 13.9 Å². The molecule has 0 aliphatic heterocycles. The zero-order chi connectivity index (χ0) is 17.8. The Bertz CT molecular complexity index is 960. The number of amides is 1. The smallest absolute Gasteiger partial charge is 0.336 e. The largest absolute Gasteiger partial charge is 0.497 e. The van der Waals surface area contributed by atoms with Crippen LogP contribution in [0.3, 0.4) is 0 Å². The van der Waals surface area contributed by atoms with Gasteiger partial charge in [-0.3, -0.25) is 4.79 Å². The van der Waals surface area contributed by atoms with Gasteiger partial charge in [-0.15, -0.1) is 0 Å². The molecule has 0 radical (unpaired) electrons. The van der Waals surface area contributed by atoms with E-state index in [2.05, 4.69) is 5.32 Å². The number of ether oxygens (including phenoxy) is 2. The molecule has 128 valence electrons. The molecule has 2 aromatic carbocycles. The van der Waals surface area contributed by atoms with Crippen LogP contribution in [0, 0.1) is 0 Å². The predicted octanol–water partition coefficient (Wildman–Crippen LogP) is 3.34. The molecule has 0 bridgehead atoms. The summed E-state index contributed by atoms with van der Waals surface area (Å²) in [4.78, 5) is 22.8. The third kappa shape index (κ3) is 3.98. The molecule has 0 aliphatic rings. The minimum Gasteiger partial charge on any atom is -0.497 e. The van der Waals surface area contributed by atoms with Gasteiger partial charge in [-0.05, 0) is 36.4 Å². The Morgan fingerprint density at radius 2 is 1.80 bits per heavy atom. The molecule has 0 saturated heterocycles. The molecule has 0 unspecified atom stereocenters. The van der Waals surface area contributed by atoms with E-state index in [0.717, 1.165) is 10.9 Å². The normalized spacial score (nSPS) is 10.5. The topological polar surface area (TPSA) is 77.8 Å². The van der Waals surface area contributed by atoms with Crippen LogP contribution >= 0.6 is 0 Å². The maximum atomic E-state index is 11.8. The van der Waals surface area contributed by atoms with Crippen molar-refractivity contribution >= 4 is 22.6 Å². The van der Waals surface area contributed by atoms with Crippen molar-refractivity contribution < 1.29 is 18.7 Å². The first-order valence-corrected chi connectivity index (χ1v) is 7.66. The number of methoxy groups -OCH3 is 1. The Morgan fingerprint density at radius 1 is 1.08 bits per heavy atom. The summed E-state index contributed by atoms with van der Waals surface area (Å²) in [6.07, 6.45) is 0. The third-order valence-electron chi connectivity index (χ3n) is 3.61. The summed E-state index contributed by atoms with van der Waals surface area (Å²) in [6, 6.07) is 13.7. The van der Waals surface area contributed by atoms with Crippen molar-refractivity contribution in [3.8, 4) is 11.5 Å². The first-order valence-electron chi connectivity index (χ1n) is 7.66. The van der Waals surface area contributed by atoms with Crippen LogP contribution in [0.15, 0.2) is 57.7 Å². The fraction of sp³-hybridized carbons (Fsp3) is 0.158. The summed E-state index contributed by atoms with van der Waals surface area (Å²) in [5.41, 5.74) is 1.42. The van der Waals surface area contributed by atoms with Crippen LogP contribution in [0.5, 0.6) is 11.5 Å². The van der Waals surface area contributed by atoms with Crippen LogP contribution in [0.2, 0.25) is 0 Å². The molecular weight excluding hydrogens is 322 g/mol. The average Bonchev–Trinajstić information content (AvgIpc) is 2.59. The van der Waals surface area contributed by atoms with Gasteiger partial charge >= 0.3 is 5.63 Å². The van der Waals surface area contributed by atoms with Crippen molar-refractivity contribution in [3.05, 3.63) is 64.5 Å². The number of benzene rings is 2. The molecule has 1 amide bonds. The monoisotopic (exact) mass is 339 g/mol. The minimum absolute atomic E-state index is 0.133. The molecule has 1 heterocycles. The van der Waals surface area contributed by atoms with Crippen molar-refractivity contribution in [1.82, 2.24) is 0 Å². The van der Waals surface area contributed by atoms with E-state index >= 15 is 0 Å². The zero-order valence-corrected chi connectivity index (χ0v) is 13.9. The number of hydrogen-bond acceptors (Lipinski definition) is 5. The molecule has 1 N–H and O–H groups in total. The van der Waals surface area contributed by atoms with Gasteiger partial charge < -0.3 is 19.2 Å². The highest BCUT2D eigenvalue weighted by Gasteiger charge is 2.08. The second kappa shape index (κ2) is 7.09. The van der Waals surface area contributed by atoms with Crippen LogP contribution in [-0.4, -0.2) is 13.0 Å². The van der Waals surface area contributed by atoms with Gasteiger partial charge in [0.1, 0.15) is 23.7 Å². The molecule has 6 nitrogen and oxygen atoms in total. The van der Waals surface area contributed by atoms with Crippen molar-refractivity contribution in [3.63, 3.8) is 0 Å². The number of hydrogen-bond donors (Lipinski definition) is 1. The van der Waals surface area contributed by atoms with Crippen LogP contribution in [0.25, 0.3) is 11.0 Å². The van der Waals surface area contributed by atoms with Crippen molar-refractivity contribution in [2.45, 2.75) is 13.5 Å². The molecule has 0 fully saturated rings. The molecule has 0 aliphatic carbocycles. The lowest BCUT2D eigenvalue weighted by molar-refractivity contribution is -0.114. The molecule has 6 heteroatoms. The number of carbonyl (C=O) groups is 1. The van der Waals surface area contributed by atoms with Crippen LogP contribution in [-0.2, 0) is 11.4 Å². The number of rotatable bonds is 5. The number of fused-ring (bicyclic) bond motifs is 1. The van der Waals surface area contributed by atoms with Gasteiger partial charge in [-0.1, -0.05) is 0 Å². The molecule has 3 aromatic rings. The van der Waals surface area contributed by atoms with E-state index in [9.17, 15) is 9.59 Å². The summed E-state index contributed by atoms with van der Waals surface area (Å²) < 4.78 is 16.1. The first kappa shape index (κ1) is 16.6. The van der Waals surface area contributed by atoms with E-state index < -0.39 is 5.63 Å². The lowest BCUT2D eigenvalue weighted by Crippen LogP contribution is -2.06. The van der Waals surface area contributed by atoms with E-state index in [-0.39, 0.29) is 12.5 Å². The van der Waals surface area contributed by atoms with E-state index in [1.807, 2.05) is 6.07 Å². The molecule has 0 spiro atoms. The van der Waals surface area contributed by atoms with Gasteiger partial charge in [0.25, 0.3) is 0 Å². The van der Waals surface area contributed by atoms with Crippen LogP contribution < -0.4 is 20.4 Å². The van der Waals surface area contributed by atoms with Gasteiger partial charge in [0.2, 0.25) is 5.91 Å². The Hall–Kier alpha value is -3.28. The average molecular weight is 339 g/mol. The van der Waals surface area contributed by atoms with Crippen LogP contribution in [0.4, 0.5) is 5.69 Å². The molecule has 25 heavy (non-hydrogen) atoms. The van der Waals surface area contributed by atoms with E-state index in [1.54, 1.807) is 43.5 Å². The summed E-state index contributed by atoms with van der Waals surface area (Å²) in [6.45, 7) is 1.67. The number of carbonyl (C=O) groups excluding carboxylic acids is 1. The Kier molecular flexibility index (Phi) is 4.70. The maximum absolute atomic E-state index is 11.8. The summed E-state index contributed by atoms with van der Waals surface area (Å²) >= 11 is 0. The van der Waals surface area contributed by atoms with Crippen molar-refractivity contribution in [2.75, 3.05) is 12.4 Å². The molecule has 0 atom stereocenters. The number of nitrogens with one attached hydrogen (secondary N) is 1. The molecule has 3 rings (SSSR count). The predicted molar refractivity (Wildman–Crippen MR) is 94.1 cm³/mol. The highest BCUT2D eigenvalue weighted by atomic mass is 16.5. The van der Waals surface area contributed by atoms with Crippen molar-refractivity contribution in [2.24, 2.45) is 0 Å². The van der Waals surface area contributed by atoms with Crippen LogP contribution in [0.1, 0.15) is 12.5 Å². The Morgan fingerprint density at radius 3 is 2.48 bits per heavy atom. The summed E-state index contributed by atoms with van der Waals surface area (Å²) in [5.74, 6) is 1.11. The standard InChI is InChI=1S/C19H17NO5/c1-12(21)20-14-3-5-15(6-4-14)24-11-13-9-19(22)25-18-10-16(23-2)7-8-17(13)18/h3-10H,11H2,1-2H3,(H,20,21). The zero-order valence-electron chi connectivity index (χ0n) is 13.9. The molecule has 1 aromatic heterocycles. The number of anilines is 1. The van der Waals surface area contributed by atoms with E-state index in [1.165, 1.54) is 13.0 Å². The first-order chi connectivity index (χ1) is 12.0. The summed E-state index contributed by atoms with van der Waals surface area (Å²) in [7, 11) is 1.55. The lowest BCUT2D eigenvalue weighted by Gasteiger charge is -2.10. The van der Waals surface area contributed by atoms with Gasteiger partial charge in [0, 0.05) is 35.7 Å². The van der Waals surface area contributed by atoms with Gasteiger partial charge in [0.15, 0.2) is 0 Å². The lowest BCUT2D eigenvalue weighted by atomic mass is 10.1. The fourth-order valence-electron chi connectivity index (χ4n) is 2.46. The van der Waals surface area contributed by atoms with Gasteiger partial charge in [0.05, 0.1) is 7.11 Å². The highest BCUT2D eigenvalue weighted by Crippen LogP contribution is 2.24. The quantitative estimate of drug-likeness (QED) is 0.721.